The predicted octanol–water partition coefficient (Wildman–Crippen LogP) is 4.17. The van der Waals surface area contributed by atoms with Crippen LogP contribution in [0.2, 0.25) is 0 Å². The van der Waals surface area contributed by atoms with Gasteiger partial charge in [0, 0.05) is 31.7 Å². The number of nitrogens with one attached hydrogen (secondary N) is 2. The van der Waals surface area contributed by atoms with Crippen LogP contribution < -0.4 is 15.4 Å². The van der Waals surface area contributed by atoms with Crippen molar-refractivity contribution in [2.24, 2.45) is 4.99 Å². The minimum Gasteiger partial charge on any atom is -0.484 e. The van der Waals surface area contributed by atoms with E-state index in [2.05, 4.69) is 34.4 Å². The maximum absolute atomic E-state index is 12.3. The van der Waals surface area contributed by atoms with Crippen LogP contribution >= 0.6 is 24.0 Å². The van der Waals surface area contributed by atoms with Crippen LogP contribution in [0.5, 0.6) is 5.75 Å². The summed E-state index contributed by atoms with van der Waals surface area (Å²) in [5, 5.41) is 6.72. The van der Waals surface area contributed by atoms with Crippen molar-refractivity contribution >= 4 is 29.9 Å². The second kappa shape index (κ2) is 12.5. The predicted molar refractivity (Wildman–Crippen MR) is 121 cm³/mol. The summed E-state index contributed by atoms with van der Waals surface area (Å²) >= 11 is 0. The van der Waals surface area contributed by atoms with E-state index < -0.39 is 12.8 Å². The molecule has 0 amide bonds. The van der Waals surface area contributed by atoms with Crippen LogP contribution in [0.25, 0.3) is 0 Å². The molecule has 9 heteroatoms. The van der Waals surface area contributed by atoms with Crippen molar-refractivity contribution < 1.29 is 17.9 Å². The van der Waals surface area contributed by atoms with E-state index in [-0.39, 0.29) is 29.7 Å². The first-order chi connectivity index (χ1) is 13.3. The average Bonchev–Trinajstić information content (AvgIpc) is 2.65. The van der Waals surface area contributed by atoms with Crippen LogP contribution in [0.15, 0.2) is 29.3 Å². The molecule has 1 aliphatic rings. The first kappa shape index (κ1) is 25.8. The number of benzene rings is 1. The molecule has 1 aromatic carbocycles. The van der Waals surface area contributed by atoms with E-state index in [1.807, 2.05) is 13.0 Å². The summed E-state index contributed by atoms with van der Waals surface area (Å²) in [4.78, 5) is 7.05. The monoisotopic (exact) mass is 528 g/mol. The zero-order valence-electron chi connectivity index (χ0n) is 17.3. The molecule has 2 N–H and O–H groups in total. The van der Waals surface area contributed by atoms with Gasteiger partial charge < -0.3 is 20.3 Å². The molecule has 0 aromatic heterocycles. The van der Waals surface area contributed by atoms with Crippen molar-refractivity contribution in [2.45, 2.75) is 58.4 Å². The number of nitrogens with zero attached hydrogens (tertiary/aromatic N) is 2. The molecule has 1 aliphatic heterocycles. The Kier molecular flexibility index (Phi) is 11.1. The second-order valence-electron chi connectivity index (χ2n) is 7.29. The average molecular weight is 528 g/mol. The number of hydrogen-bond acceptors (Lipinski definition) is 3. The topological polar surface area (TPSA) is 48.9 Å². The normalized spacial score (nSPS) is 16.4. The van der Waals surface area contributed by atoms with E-state index >= 15 is 0 Å². The summed E-state index contributed by atoms with van der Waals surface area (Å²) in [6.45, 7) is 8.37. The first-order valence-corrected chi connectivity index (χ1v) is 9.84. The van der Waals surface area contributed by atoms with Gasteiger partial charge in [-0.2, -0.15) is 13.2 Å². The number of hydrogen-bond donors (Lipinski definition) is 2. The molecule has 0 bridgehead atoms. The van der Waals surface area contributed by atoms with Gasteiger partial charge in [-0.05, 0) is 51.3 Å². The Hall–Kier alpha value is -1.23. The smallest absolute Gasteiger partial charge is 0.422 e. The van der Waals surface area contributed by atoms with Crippen LogP contribution in [-0.2, 0) is 6.54 Å². The third-order valence-corrected chi connectivity index (χ3v) is 4.67. The fourth-order valence-electron chi connectivity index (χ4n) is 3.14. The Morgan fingerprint density at radius 3 is 2.55 bits per heavy atom. The van der Waals surface area contributed by atoms with E-state index in [1.165, 1.54) is 6.07 Å². The standard InChI is InChI=1S/C20H31F3N4O.HI/c1-4-24-19(26-17-8-10-27(11-9-17)15(2)3)25-13-16-6-5-7-18(12-16)28-14-20(21,22)23;/h5-7,12,15,17H,4,8-11,13-14H2,1-3H3,(H2,24,25,26);1H. The van der Waals surface area contributed by atoms with E-state index in [0.717, 1.165) is 44.0 Å². The molecule has 1 saturated heterocycles. The zero-order chi connectivity index (χ0) is 20.6. The van der Waals surface area contributed by atoms with Crippen molar-refractivity contribution in [1.82, 2.24) is 15.5 Å². The van der Waals surface area contributed by atoms with Crippen LogP contribution in [-0.4, -0.2) is 55.4 Å². The molecule has 2 rings (SSSR count). The van der Waals surface area contributed by atoms with E-state index in [1.54, 1.807) is 12.1 Å². The van der Waals surface area contributed by atoms with Crippen molar-refractivity contribution in [3.8, 4) is 5.75 Å². The van der Waals surface area contributed by atoms with Gasteiger partial charge in [-0.3, -0.25) is 0 Å². The van der Waals surface area contributed by atoms with Gasteiger partial charge in [-0.1, -0.05) is 12.1 Å². The van der Waals surface area contributed by atoms with Gasteiger partial charge in [0.05, 0.1) is 6.54 Å². The highest BCUT2D eigenvalue weighted by Crippen LogP contribution is 2.20. The molecule has 0 atom stereocenters. The van der Waals surface area contributed by atoms with E-state index in [9.17, 15) is 13.2 Å². The molecule has 29 heavy (non-hydrogen) atoms. The van der Waals surface area contributed by atoms with Gasteiger partial charge in [-0.25, -0.2) is 4.99 Å². The highest BCUT2D eigenvalue weighted by Gasteiger charge is 2.28. The Labute approximate surface area is 188 Å². The molecular weight excluding hydrogens is 496 g/mol. The van der Waals surface area contributed by atoms with Crippen molar-refractivity contribution in [3.63, 3.8) is 0 Å². The number of alkyl halides is 3. The van der Waals surface area contributed by atoms with Gasteiger partial charge in [0.15, 0.2) is 12.6 Å². The molecule has 0 saturated carbocycles. The fourth-order valence-corrected chi connectivity index (χ4v) is 3.14. The van der Waals surface area contributed by atoms with Gasteiger partial charge in [0.1, 0.15) is 5.75 Å². The molecule has 0 radical (unpaired) electrons. The SMILES string of the molecule is CCNC(=NCc1cccc(OCC(F)(F)F)c1)NC1CCN(C(C)C)CC1.I. The van der Waals surface area contributed by atoms with Crippen molar-refractivity contribution in [1.29, 1.82) is 0 Å². The first-order valence-electron chi connectivity index (χ1n) is 9.84. The lowest BCUT2D eigenvalue weighted by Gasteiger charge is -2.35. The maximum Gasteiger partial charge on any atom is 0.422 e. The Morgan fingerprint density at radius 2 is 1.97 bits per heavy atom. The Bertz CT molecular complexity index is 632. The number of rotatable bonds is 7. The summed E-state index contributed by atoms with van der Waals surface area (Å²) in [7, 11) is 0. The minimum atomic E-state index is -4.35. The minimum absolute atomic E-state index is 0. The van der Waals surface area contributed by atoms with Gasteiger partial charge in [-0.15, -0.1) is 24.0 Å². The lowest BCUT2D eigenvalue weighted by atomic mass is 10.0. The molecule has 0 unspecified atom stereocenters. The van der Waals surface area contributed by atoms with Gasteiger partial charge in [0.25, 0.3) is 0 Å². The molecular formula is C20H32F3IN4O. The van der Waals surface area contributed by atoms with Crippen molar-refractivity contribution in [2.75, 3.05) is 26.2 Å². The van der Waals surface area contributed by atoms with E-state index in [4.69, 9.17) is 4.74 Å². The Morgan fingerprint density at radius 1 is 1.28 bits per heavy atom. The Balaban J connectivity index is 0.00000420. The third kappa shape index (κ3) is 9.88. The molecule has 1 aromatic rings. The molecule has 1 fully saturated rings. The molecule has 1 heterocycles. The lowest BCUT2D eigenvalue weighted by Crippen LogP contribution is -2.49. The summed E-state index contributed by atoms with van der Waals surface area (Å²) in [5.74, 6) is 0.927. The number of guanidine groups is 1. The summed E-state index contributed by atoms with van der Waals surface area (Å²) in [5.41, 5.74) is 0.798. The third-order valence-electron chi connectivity index (χ3n) is 4.67. The quantitative estimate of drug-likeness (QED) is 0.317. The van der Waals surface area contributed by atoms with Gasteiger partial charge in [0.2, 0.25) is 0 Å². The maximum atomic E-state index is 12.3. The number of piperidine rings is 1. The van der Waals surface area contributed by atoms with Crippen LogP contribution in [0.4, 0.5) is 13.2 Å². The van der Waals surface area contributed by atoms with Crippen molar-refractivity contribution in [3.05, 3.63) is 29.8 Å². The van der Waals surface area contributed by atoms with Gasteiger partial charge >= 0.3 is 6.18 Å². The summed E-state index contributed by atoms with van der Waals surface area (Å²) < 4.78 is 41.7. The molecule has 166 valence electrons. The number of ether oxygens (including phenoxy) is 1. The zero-order valence-corrected chi connectivity index (χ0v) is 19.6. The number of halogens is 4. The fraction of sp³-hybridized carbons (Fsp3) is 0.650. The molecule has 0 spiro atoms. The highest BCUT2D eigenvalue weighted by molar-refractivity contribution is 14.0. The molecule has 0 aliphatic carbocycles. The van der Waals surface area contributed by atoms with E-state index in [0.29, 0.717) is 18.6 Å². The summed E-state index contributed by atoms with van der Waals surface area (Å²) in [6.07, 6.45) is -2.23. The highest BCUT2D eigenvalue weighted by atomic mass is 127. The van der Waals surface area contributed by atoms with Crippen LogP contribution in [0.1, 0.15) is 39.2 Å². The van der Waals surface area contributed by atoms with Crippen LogP contribution in [0.3, 0.4) is 0 Å². The second-order valence-corrected chi connectivity index (χ2v) is 7.29. The lowest BCUT2D eigenvalue weighted by molar-refractivity contribution is -0.153. The molecule has 5 nitrogen and oxygen atoms in total. The number of likely N-dealkylation sites (tertiary alicyclic amines) is 1. The largest absolute Gasteiger partial charge is 0.484 e. The van der Waals surface area contributed by atoms with Crippen LogP contribution in [0, 0.1) is 0 Å². The number of aliphatic imine (C=N–C) groups is 1. The summed E-state index contributed by atoms with van der Waals surface area (Å²) in [6, 6.07) is 7.56.